The van der Waals surface area contributed by atoms with Gasteiger partial charge < -0.3 is 9.80 Å². The van der Waals surface area contributed by atoms with Gasteiger partial charge in [0.2, 0.25) is 0 Å². The maximum Gasteiger partial charge on any atom is 0.252 e. The van der Waals surface area contributed by atoms with Crippen LogP contribution in [-0.2, 0) is 0 Å². The highest BCUT2D eigenvalue weighted by Crippen LogP contribution is 2.54. The molecule has 0 N–H and O–H groups in total. The fourth-order valence-electron chi connectivity index (χ4n) is 13.7. The van der Waals surface area contributed by atoms with Crippen molar-refractivity contribution in [1.29, 1.82) is 0 Å². The molecule has 0 spiro atoms. The Hall–Kier alpha value is -8.14. The molecule has 0 aromatic heterocycles. The van der Waals surface area contributed by atoms with Gasteiger partial charge >= 0.3 is 0 Å². The first-order valence-electron chi connectivity index (χ1n) is 25.7. The molecule has 336 valence electrons. The lowest BCUT2D eigenvalue weighted by Gasteiger charge is -2.45. The molecule has 2 aliphatic carbocycles. The molecule has 2 unspecified atom stereocenters. The summed E-state index contributed by atoms with van der Waals surface area (Å²) in [5.74, 6) is 1.19. The first-order valence-corrected chi connectivity index (χ1v) is 25.7. The SMILES string of the molecule is CC(C)c1cc2c(c3ccccc13)N(c1ccc3c(c1)C1C=CC=CC1c1ccccc1-3)c1cccc3c1B2c1cc(C(C)C)c2ccccc2c1N3c1ccc2c3ccccc3c3ccccc3c2c1. The van der Waals surface area contributed by atoms with E-state index in [4.69, 9.17) is 0 Å². The zero-order chi connectivity index (χ0) is 47.2. The van der Waals surface area contributed by atoms with E-state index in [-0.39, 0.29) is 12.6 Å². The van der Waals surface area contributed by atoms with Crippen LogP contribution < -0.4 is 26.2 Å². The molecule has 11 aromatic rings. The predicted octanol–water partition coefficient (Wildman–Crippen LogP) is 16.8. The lowest BCUT2D eigenvalue weighted by molar-refractivity contribution is 0.720. The monoisotopic (exact) mass is 906 g/mol. The summed E-state index contributed by atoms with van der Waals surface area (Å²) in [6.45, 7) is 9.44. The minimum atomic E-state index is -0.0200. The molecular weight excluding hydrogens is 856 g/mol. The van der Waals surface area contributed by atoms with Gasteiger partial charge in [-0.15, -0.1) is 0 Å². The number of rotatable bonds is 4. The fourth-order valence-corrected chi connectivity index (χ4v) is 13.7. The van der Waals surface area contributed by atoms with E-state index in [2.05, 4.69) is 250 Å². The second kappa shape index (κ2) is 15.2. The largest absolute Gasteiger partial charge is 0.311 e. The van der Waals surface area contributed by atoms with Crippen molar-refractivity contribution in [2.75, 3.05) is 9.80 Å². The molecule has 2 heterocycles. The summed E-state index contributed by atoms with van der Waals surface area (Å²) in [5, 5.41) is 12.9. The summed E-state index contributed by atoms with van der Waals surface area (Å²) in [5.41, 5.74) is 19.8. The molecule has 2 atom stereocenters. The lowest BCUT2D eigenvalue weighted by atomic mass is 9.33. The van der Waals surface area contributed by atoms with E-state index in [1.807, 2.05) is 0 Å². The Morgan fingerprint density at radius 2 is 0.803 bits per heavy atom. The van der Waals surface area contributed by atoms with Gasteiger partial charge in [-0.2, -0.15) is 0 Å². The van der Waals surface area contributed by atoms with Crippen molar-refractivity contribution in [2.45, 2.75) is 51.4 Å². The van der Waals surface area contributed by atoms with Gasteiger partial charge in [0.05, 0.1) is 0 Å². The Morgan fingerprint density at radius 1 is 0.366 bits per heavy atom. The normalized spacial score (nSPS) is 16.2. The predicted molar refractivity (Wildman–Crippen MR) is 305 cm³/mol. The van der Waals surface area contributed by atoms with E-state index >= 15 is 0 Å². The second-order valence-corrected chi connectivity index (χ2v) is 21.0. The van der Waals surface area contributed by atoms with Crippen LogP contribution in [0.4, 0.5) is 34.1 Å². The van der Waals surface area contributed by atoms with Gasteiger partial charge in [0, 0.05) is 56.7 Å². The first kappa shape index (κ1) is 40.7. The Bertz CT molecular complexity index is 4140. The van der Waals surface area contributed by atoms with E-state index in [0.29, 0.717) is 17.8 Å². The molecule has 2 nitrogen and oxygen atoms in total. The minimum absolute atomic E-state index is 0.0200. The second-order valence-electron chi connectivity index (χ2n) is 21.0. The smallest absolute Gasteiger partial charge is 0.252 e. The van der Waals surface area contributed by atoms with Crippen LogP contribution in [0.3, 0.4) is 0 Å². The van der Waals surface area contributed by atoms with Crippen molar-refractivity contribution in [3.8, 4) is 11.1 Å². The molecule has 11 aromatic carbocycles. The Balaban J connectivity index is 1.06. The highest BCUT2D eigenvalue weighted by molar-refractivity contribution is 7.01. The molecule has 0 bridgehead atoms. The average molecular weight is 907 g/mol. The lowest BCUT2D eigenvalue weighted by Crippen LogP contribution is -2.61. The Kier molecular flexibility index (Phi) is 8.71. The summed E-state index contributed by atoms with van der Waals surface area (Å²) in [7, 11) is 0. The van der Waals surface area contributed by atoms with Crippen LogP contribution in [0.2, 0.25) is 0 Å². The molecule has 71 heavy (non-hydrogen) atoms. The third kappa shape index (κ3) is 5.66. The molecule has 4 aliphatic rings. The van der Waals surface area contributed by atoms with Crippen molar-refractivity contribution >= 4 is 111 Å². The fraction of sp³-hybridized carbons (Fsp3) is 0.118. The number of allylic oxidation sites excluding steroid dienone is 4. The van der Waals surface area contributed by atoms with E-state index in [1.165, 1.54) is 138 Å². The van der Waals surface area contributed by atoms with Crippen LogP contribution in [0.1, 0.15) is 73.6 Å². The standard InChI is InChI=1S/C68H51BN2/c1-40(2)58-38-62-67(56-28-15-13-26-52(56)58)70(42-32-34-54-48-22-7-5-18-44(48)46-20-9-11-24-50(46)60(54)36-42)64-30-17-31-65-66(64)69(62)63-39-59(41(3)4)53-27-14-16-29-57(53)68(63)71(65)43-33-35-55-49-23-8-6-19-45(49)47-21-10-12-25-51(47)61(55)37-43/h5-41,46,50H,1-4H3. The van der Waals surface area contributed by atoms with Crippen LogP contribution in [0.15, 0.2) is 212 Å². The third-order valence-electron chi connectivity index (χ3n) is 16.7. The van der Waals surface area contributed by atoms with Gasteiger partial charge in [0.1, 0.15) is 0 Å². The van der Waals surface area contributed by atoms with Gasteiger partial charge in [-0.3, -0.25) is 0 Å². The molecule has 0 saturated heterocycles. The van der Waals surface area contributed by atoms with Crippen molar-refractivity contribution in [1.82, 2.24) is 0 Å². The van der Waals surface area contributed by atoms with Crippen LogP contribution in [0, 0.1) is 0 Å². The number of nitrogens with zero attached hydrogens (tertiary/aromatic N) is 2. The quantitative estimate of drug-likeness (QED) is 0.128. The van der Waals surface area contributed by atoms with E-state index in [0.717, 1.165) is 0 Å². The molecule has 0 fully saturated rings. The van der Waals surface area contributed by atoms with Gasteiger partial charge in [-0.05, 0) is 141 Å². The topological polar surface area (TPSA) is 6.48 Å². The summed E-state index contributed by atoms with van der Waals surface area (Å²) in [6, 6.07) is 72.4. The third-order valence-corrected chi connectivity index (χ3v) is 16.7. The number of fused-ring (bicyclic) bond motifs is 20. The Morgan fingerprint density at radius 3 is 1.37 bits per heavy atom. The number of hydrogen-bond acceptors (Lipinski definition) is 2. The summed E-state index contributed by atoms with van der Waals surface area (Å²) in [4.78, 5) is 5.30. The van der Waals surface area contributed by atoms with Crippen molar-refractivity contribution < 1.29 is 0 Å². The van der Waals surface area contributed by atoms with Gasteiger partial charge in [0.25, 0.3) is 6.71 Å². The zero-order valence-electron chi connectivity index (χ0n) is 40.5. The minimum Gasteiger partial charge on any atom is -0.311 e. The van der Waals surface area contributed by atoms with Gasteiger partial charge in [-0.25, -0.2) is 0 Å². The average Bonchev–Trinajstić information content (AvgIpc) is 3.43. The molecular formula is C68H51BN2. The van der Waals surface area contributed by atoms with Crippen molar-refractivity contribution in [3.05, 3.63) is 235 Å². The molecule has 15 rings (SSSR count). The first-order chi connectivity index (χ1) is 34.9. The van der Waals surface area contributed by atoms with E-state index < -0.39 is 0 Å². The van der Waals surface area contributed by atoms with Gasteiger partial charge in [0.15, 0.2) is 0 Å². The number of benzene rings is 11. The summed E-state index contributed by atoms with van der Waals surface area (Å²) < 4.78 is 0. The van der Waals surface area contributed by atoms with Crippen LogP contribution in [0.25, 0.3) is 65.0 Å². The van der Waals surface area contributed by atoms with Crippen molar-refractivity contribution in [2.24, 2.45) is 0 Å². The van der Waals surface area contributed by atoms with E-state index in [9.17, 15) is 0 Å². The maximum absolute atomic E-state index is 2.66. The summed E-state index contributed by atoms with van der Waals surface area (Å²) in [6.07, 6.45) is 9.33. The molecule has 2 aliphatic heterocycles. The van der Waals surface area contributed by atoms with Crippen LogP contribution >= 0.6 is 0 Å². The molecule has 0 amide bonds. The summed E-state index contributed by atoms with van der Waals surface area (Å²) >= 11 is 0. The number of hydrogen-bond donors (Lipinski definition) is 0. The molecule has 3 heteroatoms. The highest BCUT2D eigenvalue weighted by atomic mass is 15.2. The van der Waals surface area contributed by atoms with Crippen LogP contribution in [0.5, 0.6) is 0 Å². The Labute approximate surface area is 415 Å². The molecule has 0 saturated carbocycles. The maximum atomic E-state index is 2.66. The highest BCUT2D eigenvalue weighted by Gasteiger charge is 2.45. The molecule has 0 radical (unpaired) electrons. The van der Waals surface area contributed by atoms with Crippen molar-refractivity contribution in [3.63, 3.8) is 0 Å². The number of anilines is 6. The van der Waals surface area contributed by atoms with Crippen LogP contribution in [-0.4, -0.2) is 6.71 Å². The zero-order valence-corrected chi connectivity index (χ0v) is 40.5. The van der Waals surface area contributed by atoms with Gasteiger partial charge in [-0.1, -0.05) is 204 Å². The van der Waals surface area contributed by atoms with E-state index in [1.54, 1.807) is 0 Å².